The van der Waals surface area contributed by atoms with E-state index in [0.717, 1.165) is 5.39 Å². The zero-order chi connectivity index (χ0) is 11.8. The van der Waals surface area contributed by atoms with Crippen molar-refractivity contribution in [2.24, 2.45) is 0 Å². The Bertz CT molecular complexity index is 641. The Morgan fingerprint density at radius 3 is 2.47 bits per heavy atom. The van der Waals surface area contributed by atoms with Crippen molar-refractivity contribution in [3.05, 3.63) is 47.5 Å². The summed E-state index contributed by atoms with van der Waals surface area (Å²) in [6.45, 7) is 0. The highest BCUT2D eigenvalue weighted by molar-refractivity contribution is 5.94. The molecule has 2 unspecified atom stereocenters. The SMILES string of the molecule is FC(F)(F)C12OC1c1cccc3cccc2c13. The number of hydrogen-bond acceptors (Lipinski definition) is 1. The second-order valence-corrected chi connectivity index (χ2v) is 4.48. The Hall–Kier alpha value is -1.55. The maximum atomic E-state index is 13.2. The molecule has 17 heavy (non-hydrogen) atoms. The van der Waals surface area contributed by atoms with Crippen LogP contribution in [0, 0.1) is 0 Å². The Labute approximate surface area is 94.8 Å². The number of rotatable bonds is 0. The van der Waals surface area contributed by atoms with E-state index >= 15 is 0 Å². The van der Waals surface area contributed by atoms with Crippen LogP contribution in [0.15, 0.2) is 36.4 Å². The van der Waals surface area contributed by atoms with Gasteiger partial charge in [0, 0.05) is 5.56 Å². The fourth-order valence-electron chi connectivity index (χ4n) is 2.91. The molecule has 4 heteroatoms. The molecule has 0 saturated carbocycles. The van der Waals surface area contributed by atoms with Crippen LogP contribution in [0.25, 0.3) is 10.8 Å². The molecule has 1 aliphatic heterocycles. The number of ether oxygens (including phenoxy) is 1. The lowest BCUT2D eigenvalue weighted by Crippen LogP contribution is -2.29. The third-order valence-electron chi connectivity index (χ3n) is 3.66. The quantitative estimate of drug-likeness (QED) is 0.635. The lowest BCUT2D eigenvalue weighted by atomic mass is 9.98. The number of halogens is 3. The molecule has 1 fully saturated rings. The molecule has 4 rings (SSSR count). The molecule has 0 spiro atoms. The summed E-state index contributed by atoms with van der Waals surface area (Å²) in [6.07, 6.45) is -5.20. The maximum absolute atomic E-state index is 13.2. The molecule has 2 aromatic rings. The van der Waals surface area contributed by atoms with Gasteiger partial charge in [0.1, 0.15) is 6.10 Å². The number of epoxide rings is 1. The normalized spacial score (nSPS) is 29.5. The van der Waals surface area contributed by atoms with Crippen molar-refractivity contribution in [2.45, 2.75) is 17.9 Å². The average Bonchev–Trinajstić information content (AvgIpc) is 2.97. The molecule has 1 heterocycles. The van der Waals surface area contributed by atoms with E-state index in [-0.39, 0.29) is 5.56 Å². The smallest absolute Gasteiger partial charge is 0.346 e. The Morgan fingerprint density at radius 2 is 1.76 bits per heavy atom. The Morgan fingerprint density at radius 1 is 1.06 bits per heavy atom. The van der Waals surface area contributed by atoms with E-state index < -0.39 is 17.9 Å². The van der Waals surface area contributed by atoms with E-state index in [2.05, 4.69) is 0 Å². The number of fused-ring (bicyclic) bond motifs is 3. The number of benzene rings is 2. The zero-order valence-electron chi connectivity index (χ0n) is 8.58. The highest BCUT2D eigenvalue weighted by Gasteiger charge is 2.77. The highest BCUT2D eigenvalue weighted by Crippen LogP contribution is 2.70. The first-order chi connectivity index (χ1) is 8.06. The molecule has 0 bridgehead atoms. The summed E-state index contributed by atoms with van der Waals surface area (Å²) in [5.74, 6) is 0. The average molecular weight is 236 g/mol. The highest BCUT2D eigenvalue weighted by atomic mass is 19.4. The van der Waals surface area contributed by atoms with Crippen LogP contribution in [0.5, 0.6) is 0 Å². The lowest BCUT2D eigenvalue weighted by Gasteiger charge is -2.15. The first-order valence-corrected chi connectivity index (χ1v) is 5.32. The molecule has 2 atom stereocenters. The molecule has 86 valence electrons. The third kappa shape index (κ3) is 0.880. The van der Waals surface area contributed by atoms with Crippen molar-refractivity contribution in [2.75, 3.05) is 0 Å². The lowest BCUT2D eigenvalue weighted by molar-refractivity contribution is -0.187. The first-order valence-electron chi connectivity index (χ1n) is 5.32. The van der Waals surface area contributed by atoms with Gasteiger partial charge in [0.15, 0.2) is 0 Å². The van der Waals surface area contributed by atoms with Gasteiger partial charge >= 0.3 is 6.18 Å². The van der Waals surface area contributed by atoms with E-state index in [1.807, 2.05) is 12.1 Å². The molecule has 0 radical (unpaired) electrons. The Balaban J connectivity index is 2.11. The van der Waals surface area contributed by atoms with Crippen LogP contribution in [0.3, 0.4) is 0 Å². The van der Waals surface area contributed by atoms with Gasteiger partial charge in [-0.15, -0.1) is 0 Å². The summed E-state index contributed by atoms with van der Waals surface area (Å²) in [7, 11) is 0. The second kappa shape index (κ2) is 2.48. The molecule has 1 nitrogen and oxygen atoms in total. The van der Waals surface area contributed by atoms with Crippen LogP contribution in [0.2, 0.25) is 0 Å². The van der Waals surface area contributed by atoms with Gasteiger partial charge in [0.25, 0.3) is 0 Å². The zero-order valence-corrected chi connectivity index (χ0v) is 8.58. The summed E-state index contributed by atoms with van der Waals surface area (Å²) in [5.41, 5.74) is -1.14. The largest absolute Gasteiger partial charge is 0.424 e. The summed E-state index contributed by atoms with van der Waals surface area (Å²) in [6, 6.07) is 10.3. The monoisotopic (exact) mass is 236 g/mol. The first kappa shape index (κ1) is 9.48. The molecule has 1 saturated heterocycles. The predicted octanol–water partition coefficient (Wildman–Crippen LogP) is 3.68. The van der Waals surface area contributed by atoms with Crippen molar-refractivity contribution in [1.82, 2.24) is 0 Å². The summed E-state index contributed by atoms with van der Waals surface area (Å²) >= 11 is 0. The van der Waals surface area contributed by atoms with Gasteiger partial charge in [-0.2, -0.15) is 13.2 Å². The Kier molecular flexibility index (Phi) is 1.38. The summed E-state index contributed by atoms with van der Waals surface area (Å²) < 4.78 is 44.5. The van der Waals surface area contributed by atoms with Crippen molar-refractivity contribution in [3.8, 4) is 0 Å². The minimum Gasteiger partial charge on any atom is -0.346 e. The molecule has 0 amide bonds. The molecule has 1 aliphatic carbocycles. The number of hydrogen-bond donors (Lipinski definition) is 0. The predicted molar refractivity (Wildman–Crippen MR) is 55.5 cm³/mol. The second-order valence-electron chi connectivity index (χ2n) is 4.48. The number of alkyl halides is 3. The van der Waals surface area contributed by atoms with Crippen molar-refractivity contribution >= 4 is 10.8 Å². The van der Waals surface area contributed by atoms with Crippen LogP contribution >= 0.6 is 0 Å². The summed E-state index contributed by atoms with van der Waals surface area (Å²) in [4.78, 5) is 0. The van der Waals surface area contributed by atoms with Gasteiger partial charge in [0.2, 0.25) is 5.60 Å². The van der Waals surface area contributed by atoms with Crippen LogP contribution in [0.1, 0.15) is 17.2 Å². The van der Waals surface area contributed by atoms with Crippen molar-refractivity contribution < 1.29 is 17.9 Å². The minimum absolute atomic E-state index is 0.267. The van der Waals surface area contributed by atoms with Crippen LogP contribution in [-0.4, -0.2) is 6.18 Å². The summed E-state index contributed by atoms with van der Waals surface area (Å²) in [5, 5.41) is 1.56. The molecule has 0 N–H and O–H groups in total. The van der Waals surface area contributed by atoms with Crippen LogP contribution in [0.4, 0.5) is 13.2 Å². The molecule has 2 aliphatic rings. The van der Waals surface area contributed by atoms with Crippen molar-refractivity contribution in [1.29, 1.82) is 0 Å². The van der Waals surface area contributed by atoms with E-state index in [9.17, 15) is 13.2 Å². The molecular formula is C13H7F3O. The van der Waals surface area contributed by atoms with Gasteiger partial charge in [-0.1, -0.05) is 36.4 Å². The molecule has 2 aromatic carbocycles. The third-order valence-corrected chi connectivity index (χ3v) is 3.66. The standard InChI is InChI=1S/C13H7F3O/c14-13(15,16)12-9-6-2-4-7-3-1-5-8(10(7)9)11(12)17-12/h1-6,11H. The van der Waals surface area contributed by atoms with E-state index in [4.69, 9.17) is 4.74 Å². The fraction of sp³-hybridized carbons (Fsp3) is 0.231. The van der Waals surface area contributed by atoms with Gasteiger partial charge in [0.05, 0.1) is 0 Å². The van der Waals surface area contributed by atoms with Gasteiger partial charge < -0.3 is 4.74 Å². The fourth-order valence-corrected chi connectivity index (χ4v) is 2.91. The van der Waals surface area contributed by atoms with E-state index in [0.29, 0.717) is 10.9 Å². The molecular weight excluding hydrogens is 229 g/mol. The van der Waals surface area contributed by atoms with Crippen LogP contribution in [-0.2, 0) is 10.3 Å². The molecule has 0 aromatic heterocycles. The van der Waals surface area contributed by atoms with Gasteiger partial charge in [-0.25, -0.2) is 0 Å². The van der Waals surface area contributed by atoms with Gasteiger partial charge in [-0.3, -0.25) is 0 Å². The van der Waals surface area contributed by atoms with Gasteiger partial charge in [-0.05, 0) is 16.3 Å². The van der Waals surface area contributed by atoms with Crippen molar-refractivity contribution in [3.63, 3.8) is 0 Å². The topological polar surface area (TPSA) is 12.5 Å². The van der Waals surface area contributed by atoms with E-state index in [1.165, 1.54) is 6.07 Å². The minimum atomic E-state index is -4.36. The van der Waals surface area contributed by atoms with Crippen LogP contribution < -0.4 is 0 Å². The maximum Gasteiger partial charge on any atom is 0.424 e. The van der Waals surface area contributed by atoms with E-state index in [1.54, 1.807) is 18.2 Å².